The summed E-state index contributed by atoms with van der Waals surface area (Å²) in [6, 6.07) is 6.13. The first-order valence-electron chi connectivity index (χ1n) is 12.0. The Morgan fingerprint density at radius 2 is 1.64 bits per heavy atom. The topological polar surface area (TPSA) is 90.0 Å². The zero-order chi connectivity index (χ0) is 24.2. The number of carbonyl (C=O) groups excluding carboxylic acids is 2. The van der Waals surface area contributed by atoms with E-state index in [0.717, 1.165) is 37.1 Å². The third kappa shape index (κ3) is 6.55. The van der Waals surface area contributed by atoms with E-state index in [-0.39, 0.29) is 43.8 Å². The van der Waals surface area contributed by atoms with Crippen LogP contribution in [-0.4, -0.2) is 85.7 Å². The molecule has 1 N–H and O–H groups in total. The number of piperazine rings is 1. The van der Waals surface area contributed by atoms with Gasteiger partial charge in [-0.25, -0.2) is 8.42 Å². The van der Waals surface area contributed by atoms with E-state index >= 15 is 0 Å². The molecule has 0 aromatic heterocycles. The lowest BCUT2D eigenvalue weighted by molar-refractivity contribution is -0.134. The van der Waals surface area contributed by atoms with Gasteiger partial charge in [0.1, 0.15) is 0 Å². The highest BCUT2D eigenvalue weighted by Gasteiger charge is 2.31. The summed E-state index contributed by atoms with van der Waals surface area (Å²) in [6.45, 7) is 11.2. The number of benzene rings is 1. The van der Waals surface area contributed by atoms with Gasteiger partial charge in [0.15, 0.2) is 0 Å². The van der Waals surface area contributed by atoms with Crippen LogP contribution in [0.3, 0.4) is 0 Å². The molecule has 0 unspecified atom stereocenters. The van der Waals surface area contributed by atoms with Gasteiger partial charge in [-0.1, -0.05) is 12.1 Å². The molecule has 184 valence electrons. The summed E-state index contributed by atoms with van der Waals surface area (Å²) in [5.41, 5.74) is 1.62. The number of rotatable bonds is 7. The Balaban J connectivity index is 1.43. The first-order chi connectivity index (χ1) is 15.6. The van der Waals surface area contributed by atoms with Gasteiger partial charge in [0.25, 0.3) is 0 Å². The van der Waals surface area contributed by atoms with Gasteiger partial charge < -0.3 is 15.1 Å². The van der Waals surface area contributed by atoms with Crippen molar-refractivity contribution in [2.45, 2.75) is 70.4 Å². The Morgan fingerprint density at radius 1 is 1.00 bits per heavy atom. The van der Waals surface area contributed by atoms with Crippen molar-refractivity contribution >= 4 is 21.8 Å². The minimum absolute atomic E-state index is 0.0810. The van der Waals surface area contributed by atoms with Crippen LogP contribution in [0.5, 0.6) is 0 Å². The maximum absolute atomic E-state index is 13.1. The van der Waals surface area contributed by atoms with Crippen LogP contribution in [0.4, 0.5) is 0 Å². The van der Waals surface area contributed by atoms with Gasteiger partial charge >= 0.3 is 0 Å². The zero-order valence-electron chi connectivity index (χ0n) is 20.3. The summed E-state index contributed by atoms with van der Waals surface area (Å²) < 4.78 is 27.6. The molecule has 2 fully saturated rings. The van der Waals surface area contributed by atoms with Crippen LogP contribution >= 0.6 is 0 Å². The molecule has 8 nitrogen and oxygen atoms in total. The van der Waals surface area contributed by atoms with Crippen LogP contribution in [0, 0.1) is 13.8 Å². The number of sulfonamides is 1. The molecule has 2 saturated heterocycles. The van der Waals surface area contributed by atoms with Crippen molar-refractivity contribution in [3.8, 4) is 0 Å². The van der Waals surface area contributed by atoms with Crippen LogP contribution in [0.2, 0.25) is 0 Å². The van der Waals surface area contributed by atoms with Crippen LogP contribution < -0.4 is 5.32 Å². The molecule has 1 aromatic rings. The fourth-order valence-corrected chi connectivity index (χ4v) is 6.27. The van der Waals surface area contributed by atoms with Crippen molar-refractivity contribution in [3.05, 3.63) is 29.3 Å². The first-order valence-corrected chi connectivity index (χ1v) is 13.4. The second kappa shape index (κ2) is 11.0. The normalized spacial score (nSPS) is 19.1. The summed E-state index contributed by atoms with van der Waals surface area (Å²) in [4.78, 5) is 29.4. The highest BCUT2D eigenvalue weighted by molar-refractivity contribution is 7.89. The van der Waals surface area contributed by atoms with Crippen molar-refractivity contribution in [3.63, 3.8) is 0 Å². The van der Waals surface area contributed by atoms with Crippen molar-refractivity contribution in [2.75, 3.05) is 39.3 Å². The second-order valence-corrected chi connectivity index (χ2v) is 11.4. The molecule has 0 bridgehead atoms. The molecule has 3 rings (SSSR count). The van der Waals surface area contributed by atoms with E-state index in [1.165, 1.54) is 4.31 Å². The number of carbonyl (C=O) groups is 2. The molecule has 0 spiro atoms. The number of nitrogens with one attached hydrogen (secondary N) is 1. The van der Waals surface area contributed by atoms with E-state index in [1.54, 1.807) is 17.9 Å². The molecule has 2 heterocycles. The van der Waals surface area contributed by atoms with E-state index in [1.807, 2.05) is 19.1 Å². The predicted molar refractivity (Wildman–Crippen MR) is 128 cm³/mol. The van der Waals surface area contributed by atoms with E-state index in [9.17, 15) is 18.0 Å². The fourth-order valence-electron chi connectivity index (χ4n) is 4.54. The molecule has 0 saturated carbocycles. The van der Waals surface area contributed by atoms with Crippen LogP contribution in [0.25, 0.3) is 0 Å². The lowest BCUT2D eigenvalue weighted by Gasteiger charge is -2.35. The van der Waals surface area contributed by atoms with E-state index in [0.29, 0.717) is 24.0 Å². The number of amides is 2. The number of aryl methyl sites for hydroxylation is 2. The largest absolute Gasteiger partial charge is 0.353 e. The molecule has 2 aliphatic heterocycles. The molecule has 0 atom stereocenters. The molecule has 0 aliphatic carbocycles. The van der Waals surface area contributed by atoms with Gasteiger partial charge in [0.2, 0.25) is 21.8 Å². The number of hydrogen-bond acceptors (Lipinski definition) is 5. The maximum atomic E-state index is 13.1. The highest BCUT2D eigenvalue weighted by atomic mass is 32.2. The number of hydrogen-bond donors (Lipinski definition) is 1. The Bertz CT molecular complexity index is 947. The fraction of sp³-hybridized carbons (Fsp3) is 0.667. The summed E-state index contributed by atoms with van der Waals surface area (Å²) in [6.07, 6.45) is 2.20. The lowest BCUT2D eigenvalue weighted by Crippen LogP contribution is -2.50. The summed E-state index contributed by atoms with van der Waals surface area (Å²) in [5, 5.41) is 3.07. The third-order valence-electron chi connectivity index (χ3n) is 6.74. The Kier molecular flexibility index (Phi) is 8.53. The Morgan fingerprint density at radius 3 is 2.24 bits per heavy atom. The van der Waals surface area contributed by atoms with Gasteiger partial charge in [0.05, 0.1) is 4.90 Å². The Labute approximate surface area is 198 Å². The average molecular weight is 479 g/mol. The van der Waals surface area contributed by atoms with Crippen LogP contribution in [0.15, 0.2) is 23.1 Å². The third-order valence-corrected chi connectivity index (χ3v) is 8.78. The minimum atomic E-state index is -3.59. The van der Waals surface area contributed by atoms with Crippen molar-refractivity contribution in [1.29, 1.82) is 0 Å². The molecular weight excluding hydrogens is 440 g/mol. The monoisotopic (exact) mass is 478 g/mol. The van der Waals surface area contributed by atoms with E-state index in [4.69, 9.17) is 0 Å². The molecule has 2 aliphatic rings. The molecular formula is C24H38N4O4S. The number of likely N-dealkylation sites (tertiary alicyclic amines) is 1. The van der Waals surface area contributed by atoms with E-state index in [2.05, 4.69) is 24.1 Å². The van der Waals surface area contributed by atoms with Crippen molar-refractivity contribution < 1.29 is 18.0 Å². The smallest absolute Gasteiger partial charge is 0.243 e. The van der Waals surface area contributed by atoms with Gasteiger partial charge in [0, 0.05) is 64.2 Å². The van der Waals surface area contributed by atoms with Gasteiger partial charge in [-0.15, -0.1) is 0 Å². The molecule has 0 radical (unpaired) electrons. The molecule has 33 heavy (non-hydrogen) atoms. The minimum Gasteiger partial charge on any atom is -0.353 e. The van der Waals surface area contributed by atoms with Gasteiger partial charge in [-0.2, -0.15) is 4.31 Å². The average Bonchev–Trinajstić information content (AvgIpc) is 2.79. The maximum Gasteiger partial charge on any atom is 0.243 e. The summed E-state index contributed by atoms with van der Waals surface area (Å²) in [5.74, 6) is -0.175. The predicted octanol–water partition coefficient (Wildman–Crippen LogP) is 1.91. The molecule has 9 heteroatoms. The number of nitrogens with zero attached hydrogens (tertiary/aromatic N) is 3. The highest BCUT2D eigenvalue weighted by Crippen LogP contribution is 2.22. The second-order valence-electron chi connectivity index (χ2n) is 9.53. The molecule has 2 amide bonds. The van der Waals surface area contributed by atoms with Gasteiger partial charge in [-0.05, 0) is 57.7 Å². The van der Waals surface area contributed by atoms with Crippen LogP contribution in [-0.2, 0) is 19.6 Å². The quantitative estimate of drug-likeness (QED) is 0.647. The van der Waals surface area contributed by atoms with Crippen molar-refractivity contribution in [1.82, 2.24) is 19.4 Å². The summed E-state index contributed by atoms with van der Waals surface area (Å²) >= 11 is 0. The SMILES string of the molecule is Cc1ccc(C)c(S(=O)(=O)N2CCN(C(=O)CCC(=O)NC3CCN(C(C)C)CC3)CC2)c1. The Hall–Kier alpha value is -1.97. The van der Waals surface area contributed by atoms with E-state index < -0.39 is 10.0 Å². The lowest BCUT2D eigenvalue weighted by atomic mass is 10.0. The molecule has 1 aromatic carbocycles. The van der Waals surface area contributed by atoms with Gasteiger partial charge in [-0.3, -0.25) is 9.59 Å². The van der Waals surface area contributed by atoms with Crippen molar-refractivity contribution in [2.24, 2.45) is 0 Å². The standard InChI is InChI=1S/C24H38N4O4S/c1-18(2)26-11-9-21(10-12-26)25-23(29)7-8-24(30)27-13-15-28(16-14-27)33(31,32)22-17-19(3)5-6-20(22)4/h5-6,17-18,21H,7-16H2,1-4H3,(H,25,29). The number of piperidine rings is 1. The van der Waals surface area contributed by atoms with Crippen LogP contribution in [0.1, 0.15) is 50.7 Å². The first kappa shape index (κ1) is 25.6. The zero-order valence-corrected chi connectivity index (χ0v) is 21.2. The summed E-state index contributed by atoms with van der Waals surface area (Å²) in [7, 11) is -3.59.